The highest BCUT2D eigenvalue weighted by atomic mass is 32.2. The molecule has 8 nitrogen and oxygen atoms in total. The van der Waals surface area contributed by atoms with Crippen LogP contribution in [0.1, 0.15) is 26.3 Å². The van der Waals surface area contributed by atoms with Gasteiger partial charge in [-0.25, -0.2) is 18.0 Å². The van der Waals surface area contributed by atoms with Crippen LogP contribution in [0.3, 0.4) is 0 Å². The molecule has 0 aliphatic heterocycles. The summed E-state index contributed by atoms with van der Waals surface area (Å²) >= 11 is 0. The van der Waals surface area contributed by atoms with E-state index in [0.717, 1.165) is 4.31 Å². The Balaban J connectivity index is 1.68. The number of hydrogen-bond donors (Lipinski definition) is 0. The molecule has 3 rings (SSSR count). The van der Waals surface area contributed by atoms with Gasteiger partial charge in [0.15, 0.2) is 0 Å². The van der Waals surface area contributed by atoms with Crippen LogP contribution in [-0.4, -0.2) is 41.6 Å². The number of carbonyl (C=O) groups is 2. The minimum absolute atomic E-state index is 0.00310. The number of esters is 2. The van der Waals surface area contributed by atoms with Crippen molar-refractivity contribution in [1.29, 1.82) is 0 Å². The predicted octanol–water partition coefficient (Wildman–Crippen LogP) is 3.66. The summed E-state index contributed by atoms with van der Waals surface area (Å²) in [6, 6.07) is 18.7. The van der Waals surface area contributed by atoms with Gasteiger partial charge in [-0.1, -0.05) is 24.3 Å². The fourth-order valence-electron chi connectivity index (χ4n) is 3.03. The number of sulfonamides is 1. The van der Waals surface area contributed by atoms with Gasteiger partial charge in [0.1, 0.15) is 12.4 Å². The molecule has 33 heavy (non-hydrogen) atoms. The highest BCUT2D eigenvalue weighted by molar-refractivity contribution is 7.92. The zero-order chi connectivity index (χ0) is 24.0. The van der Waals surface area contributed by atoms with Crippen LogP contribution < -0.4 is 9.04 Å². The Hall–Kier alpha value is -3.85. The maximum Gasteiger partial charge on any atom is 0.338 e. The number of nitrogens with zero attached hydrogens (tertiary/aromatic N) is 1. The summed E-state index contributed by atoms with van der Waals surface area (Å²) in [7, 11) is 0.321. The average Bonchev–Trinajstić information content (AvgIpc) is 2.86. The van der Waals surface area contributed by atoms with Crippen LogP contribution in [-0.2, 0) is 26.1 Å². The summed E-state index contributed by atoms with van der Waals surface area (Å²) in [5.41, 5.74) is 1.68. The number of anilines is 1. The number of para-hydroxylation sites is 2. The Morgan fingerprint density at radius 3 is 2.00 bits per heavy atom. The van der Waals surface area contributed by atoms with E-state index in [1.165, 1.54) is 45.5 Å². The minimum Gasteiger partial charge on any atom is -0.495 e. The largest absolute Gasteiger partial charge is 0.495 e. The average molecular weight is 470 g/mol. The normalized spacial score (nSPS) is 10.9. The van der Waals surface area contributed by atoms with Gasteiger partial charge in [0.25, 0.3) is 10.0 Å². The van der Waals surface area contributed by atoms with Gasteiger partial charge in [-0.2, -0.15) is 0 Å². The molecule has 0 amide bonds. The van der Waals surface area contributed by atoms with Gasteiger partial charge in [0.05, 0.1) is 35.9 Å². The number of rotatable bonds is 8. The van der Waals surface area contributed by atoms with E-state index >= 15 is 0 Å². The van der Waals surface area contributed by atoms with E-state index in [1.54, 1.807) is 48.5 Å². The minimum atomic E-state index is -3.87. The lowest BCUT2D eigenvalue weighted by Crippen LogP contribution is -2.27. The van der Waals surface area contributed by atoms with Crippen molar-refractivity contribution in [1.82, 2.24) is 0 Å². The van der Waals surface area contributed by atoms with Gasteiger partial charge < -0.3 is 14.2 Å². The molecule has 0 aromatic heterocycles. The van der Waals surface area contributed by atoms with Crippen molar-refractivity contribution < 1.29 is 32.2 Å². The Kier molecular flexibility index (Phi) is 7.34. The first-order valence-corrected chi connectivity index (χ1v) is 11.3. The van der Waals surface area contributed by atoms with E-state index in [0.29, 0.717) is 22.6 Å². The van der Waals surface area contributed by atoms with Crippen molar-refractivity contribution in [2.45, 2.75) is 11.5 Å². The molecule has 0 saturated heterocycles. The summed E-state index contributed by atoms with van der Waals surface area (Å²) in [4.78, 5) is 23.9. The summed E-state index contributed by atoms with van der Waals surface area (Å²) in [6.07, 6.45) is 0. The fourth-order valence-corrected chi connectivity index (χ4v) is 4.23. The summed E-state index contributed by atoms with van der Waals surface area (Å²) in [5, 5.41) is 0. The summed E-state index contributed by atoms with van der Waals surface area (Å²) in [5.74, 6) is -0.637. The molecule has 3 aromatic rings. The first kappa shape index (κ1) is 23.8. The number of methoxy groups -OCH3 is 2. The quantitative estimate of drug-likeness (QED) is 0.464. The highest BCUT2D eigenvalue weighted by Crippen LogP contribution is 2.30. The van der Waals surface area contributed by atoms with E-state index in [-0.39, 0.29) is 17.1 Å². The lowest BCUT2D eigenvalue weighted by molar-refractivity contribution is 0.0471. The van der Waals surface area contributed by atoms with Gasteiger partial charge in [0, 0.05) is 7.05 Å². The Morgan fingerprint density at radius 1 is 0.818 bits per heavy atom. The summed E-state index contributed by atoms with van der Waals surface area (Å²) < 4.78 is 42.3. The van der Waals surface area contributed by atoms with E-state index in [1.807, 2.05) is 0 Å². The molecule has 0 radical (unpaired) electrons. The standard InChI is InChI=1S/C24H23NO7S/c1-25(21-6-4-5-7-22(21)30-2)33(28,29)20-14-12-19(13-15-20)24(27)32-16-17-8-10-18(11-9-17)23(26)31-3/h4-15H,16H2,1-3H3. The van der Waals surface area contributed by atoms with Crippen LogP contribution in [0.4, 0.5) is 5.69 Å². The van der Waals surface area contributed by atoms with E-state index in [2.05, 4.69) is 4.74 Å². The predicted molar refractivity (Wildman–Crippen MR) is 122 cm³/mol. The van der Waals surface area contributed by atoms with Gasteiger partial charge in [0.2, 0.25) is 0 Å². The molecule has 3 aromatic carbocycles. The SMILES string of the molecule is COC(=O)c1ccc(COC(=O)c2ccc(S(=O)(=O)N(C)c3ccccc3OC)cc2)cc1. The van der Waals surface area contributed by atoms with Crippen molar-refractivity contribution in [2.75, 3.05) is 25.6 Å². The molecule has 0 fully saturated rings. The smallest absolute Gasteiger partial charge is 0.338 e. The van der Waals surface area contributed by atoms with Gasteiger partial charge in [-0.05, 0) is 54.1 Å². The molecule has 172 valence electrons. The van der Waals surface area contributed by atoms with Crippen LogP contribution in [0.2, 0.25) is 0 Å². The molecule has 9 heteroatoms. The monoisotopic (exact) mass is 469 g/mol. The van der Waals surface area contributed by atoms with E-state index in [9.17, 15) is 18.0 Å². The van der Waals surface area contributed by atoms with Crippen LogP contribution in [0.5, 0.6) is 5.75 Å². The molecular formula is C24H23NO7S. The zero-order valence-electron chi connectivity index (χ0n) is 18.3. The van der Waals surface area contributed by atoms with E-state index < -0.39 is 22.0 Å². The number of carbonyl (C=O) groups excluding carboxylic acids is 2. The molecular weight excluding hydrogens is 446 g/mol. The molecule has 0 heterocycles. The first-order valence-electron chi connectivity index (χ1n) is 9.84. The molecule has 0 unspecified atom stereocenters. The fraction of sp³-hybridized carbons (Fsp3) is 0.167. The van der Waals surface area contributed by atoms with Crippen LogP contribution in [0.25, 0.3) is 0 Å². The van der Waals surface area contributed by atoms with Crippen molar-refractivity contribution in [3.63, 3.8) is 0 Å². The van der Waals surface area contributed by atoms with Gasteiger partial charge >= 0.3 is 11.9 Å². The van der Waals surface area contributed by atoms with E-state index in [4.69, 9.17) is 9.47 Å². The van der Waals surface area contributed by atoms with Gasteiger partial charge in [-0.15, -0.1) is 0 Å². The molecule has 0 atom stereocenters. The molecule has 0 N–H and O–H groups in total. The first-order chi connectivity index (χ1) is 15.8. The van der Waals surface area contributed by atoms with Crippen molar-refractivity contribution >= 4 is 27.6 Å². The number of hydrogen-bond acceptors (Lipinski definition) is 7. The Bertz CT molecular complexity index is 1240. The Morgan fingerprint density at radius 2 is 1.39 bits per heavy atom. The van der Waals surface area contributed by atoms with Gasteiger partial charge in [-0.3, -0.25) is 4.31 Å². The third-order valence-electron chi connectivity index (χ3n) is 4.92. The van der Waals surface area contributed by atoms with Crippen LogP contribution in [0, 0.1) is 0 Å². The molecule has 0 bridgehead atoms. The second-order valence-corrected chi connectivity index (χ2v) is 8.90. The highest BCUT2D eigenvalue weighted by Gasteiger charge is 2.24. The lowest BCUT2D eigenvalue weighted by atomic mass is 10.1. The molecule has 0 aliphatic carbocycles. The molecule has 0 aliphatic rings. The van der Waals surface area contributed by atoms with Crippen molar-refractivity contribution in [3.05, 3.63) is 89.5 Å². The maximum atomic E-state index is 13.0. The third-order valence-corrected chi connectivity index (χ3v) is 6.70. The number of benzene rings is 3. The van der Waals surface area contributed by atoms with Crippen LogP contribution in [0.15, 0.2) is 77.7 Å². The number of ether oxygens (including phenoxy) is 3. The van der Waals surface area contributed by atoms with Crippen LogP contribution >= 0.6 is 0 Å². The Labute approximate surface area is 192 Å². The second kappa shape index (κ2) is 10.2. The molecule has 0 spiro atoms. The third kappa shape index (κ3) is 5.32. The lowest BCUT2D eigenvalue weighted by Gasteiger charge is -2.21. The second-order valence-electron chi connectivity index (χ2n) is 6.93. The maximum absolute atomic E-state index is 13.0. The zero-order valence-corrected chi connectivity index (χ0v) is 19.2. The summed E-state index contributed by atoms with van der Waals surface area (Å²) in [6.45, 7) is -0.00310. The van der Waals surface area contributed by atoms with Crippen molar-refractivity contribution in [3.8, 4) is 5.75 Å². The van der Waals surface area contributed by atoms with Crippen molar-refractivity contribution in [2.24, 2.45) is 0 Å². The molecule has 0 saturated carbocycles. The topological polar surface area (TPSA) is 99.2 Å².